The Morgan fingerprint density at radius 3 is 2.65 bits per heavy atom. The van der Waals surface area contributed by atoms with Crippen LogP contribution in [0.1, 0.15) is 6.42 Å². The van der Waals surface area contributed by atoms with Crippen LogP contribution in [0.15, 0.2) is 24.3 Å². The summed E-state index contributed by atoms with van der Waals surface area (Å²) in [6.45, 7) is -0.126. The van der Waals surface area contributed by atoms with Gasteiger partial charge in [0.15, 0.2) is 0 Å². The number of nitrogens with one attached hydrogen (secondary N) is 1. The average molecular weight is 258 g/mol. The van der Waals surface area contributed by atoms with Gasteiger partial charge in [-0.25, -0.2) is 8.42 Å². The van der Waals surface area contributed by atoms with Gasteiger partial charge in [-0.15, -0.1) is 0 Å². The van der Waals surface area contributed by atoms with Crippen LogP contribution in [-0.2, 0) is 10.0 Å². The predicted octanol–water partition coefficient (Wildman–Crippen LogP) is 0.877. The molecule has 0 radical (unpaired) electrons. The van der Waals surface area contributed by atoms with Crippen LogP contribution in [0.3, 0.4) is 0 Å². The standard InChI is InChI=1S/C11H18N2O3S/c1-13(2)11-6-3-5-10(9-11)12-17(15,16)8-4-7-14/h3,5-6,9,12,14H,4,7-8H2,1-2H3. The molecule has 6 heteroatoms. The molecule has 96 valence electrons. The first-order valence-corrected chi connectivity index (χ1v) is 6.98. The van der Waals surface area contributed by atoms with Gasteiger partial charge < -0.3 is 10.0 Å². The molecule has 0 fully saturated rings. The summed E-state index contributed by atoms with van der Waals surface area (Å²) in [5.74, 6) is -0.0737. The largest absolute Gasteiger partial charge is 0.396 e. The van der Waals surface area contributed by atoms with E-state index in [0.29, 0.717) is 5.69 Å². The van der Waals surface area contributed by atoms with Crippen LogP contribution < -0.4 is 9.62 Å². The van der Waals surface area contributed by atoms with E-state index in [1.807, 2.05) is 25.1 Å². The Morgan fingerprint density at radius 2 is 2.06 bits per heavy atom. The molecule has 0 spiro atoms. The van der Waals surface area contributed by atoms with Gasteiger partial charge in [-0.05, 0) is 24.6 Å². The van der Waals surface area contributed by atoms with E-state index in [9.17, 15) is 8.42 Å². The third-order valence-electron chi connectivity index (χ3n) is 2.21. The molecule has 0 saturated heterocycles. The Morgan fingerprint density at radius 1 is 1.35 bits per heavy atom. The molecule has 1 aromatic rings. The summed E-state index contributed by atoms with van der Waals surface area (Å²) in [5.41, 5.74) is 1.46. The third-order valence-corrected chi connectivity index (χ3v) is 3.58. The molecule has 0 amide bonds. The minimum absolute atomic E-state index is 0.0737. The van der Waals surface area contributed by atoms with E-state index in [0.717, 1.165) is 5.69 Å². The lowest BCUT2D eigenvalue weighted by molar-refractivity contribution is 0.295. The van der Waals surface area contributed by atoms with Gasteiger partial charge in [0.25, 0.3) is 0 Å². The van der Waals surface area contributed by atoms with E-state index in [2.05, 4.69) is 4.72 Å². The summed E-state index contributed by atoms with van der Waals surface area (Å²) in [6.07, 6.45) is 0.239. The molecule has 0 heterocycles. The highest BCUT2D eigenvalue weighted by atomic mass is 32.2. The molecule has 1 rings (SSSR count). The molecule has 5 nitrogen and oxygen atoms in total. The molecule has 0 aliphatic heterocycles. The van der Waals surface area contributed by atoms with E-state index in [1.54, 1.807) is 18.2 Å². The van der Waals surface area contributed by atoms with Crippen molar-refractivity contribution in [2.45, 2.75) is 6.42 Å². The molecule has 0 saturated carbocycles. The fourth-order valence-corrected chi connectivity index (χ4v) is 2.43. The summed E-state index contributed by atoms with van der Waals surface area (Å²) in [5, 5.41) is 8.61. The topological polar surface area (TPSA) is 69.6 Å². The molecule has 17 heavy (non-hydrogen) atoms. The van der Waals surface area contributed by atoms with Crippen LogP contribution in [0.25, 0.3) is 0 Å². The van der Waals surface area contributed by atoms with Crippen molar-refractivity contribution in [1.29, 1.82) is 0 Å². The first kappa shape index (κ1) is 13.8. The van der Waals surface area contributed by atoms with Crippen LogP contribution in [0, 0.1) is 0 Å². The number of hydrogen-bond acceptors (Lipinski definition) is 4. The van der Waals surface area contributed by atoms with Gasteiger partial charge in [0.05, 0.1) is 11.4 Å². The Bertz CT molecular complexity index is 458. The Labute approximate surface area is 102 Å². The highest BCUT2D eigenvalue weighted by molar-refractivity contribution is 7.92. The summed E-state index contributed by atoms with van der Waals surface area (Å²) in [6, 6.07) is 7.14. The first-order valence-electron chi connectivity index (χ1n) is 5.33. The van der Waals surface area contributed by atoms with Gasteiger partial charge in [-0.1, -0.05) is 6.07 Å². The molecule has 2 N–H and O–H groups in total. The van der Waals surface area contributed by atoms with E-state index in [1.165, 1.54) is 0 Å². The van der Waals surface area contributed by atoms with Crippen molar-refractivity contribution >= 4 is 21.4 Å². The molecule has 0 unspecified atom stereocenters. The third kappa shape index (κ3) is 4.62. The second-order valence-corrected chi connectivity index (χ2v) is 5.78. The van der Waals surface area contributed by atoms with Crippen molar-refractivity contribution in [3.05, 3.63) is 24.3 Å². The average Bonchev–Trinajstić information content (AvgIpc) is 2.26. The van der Waals surface area contributed by atoms with Gasteiger partial charge in [-0.2, -0.15) is 0 Å². The zero-order chi connectivity index (χ0) is 12.9. The van der Waals surface area contributed by atoms with Crippen molar-refractivity contribution in [2.75, 3.05) is 36.1 Å². The van der Waals surface area contributed by atoms with Crippen LogP contribution in [0.2, 0.25) is 0 Å². The monoisotopic (exact) mass is 258 g/mol. The number of rotatable bonds is 6. The molecule has 0 atom stereocenters. The minimum Gasteiger partial charge on any atom is -0.396 e. The fourth-order valence-electron chi connectivity index (χ4n) is 1.33. The number of hydrogen-bond donors (Lipinski definition) is 2. The van der Waals surface area contributed by atoms with Crippen molar-refractivity contribution in [2.24, 2.45) is 0 Å². The van der Waals surface area contributed by atoms with Crippen molar-refractivity contribution < 1.29 is 13.5 Å². The Balaban J connectivity index is 2.78. The van der Waals surface area contributed by atoms with Crippen molar-refractivity contribution in [3.8, 4) is 0 Å². The molecule has 1 aromatic carbocycles. The maximum atomic E-state index is 11.6. The summed E-state index contributed by atoms with van der Waals surface area (Å²) in [7, 11) is 0.409. The maximum Gasteiger partial charge on any atom is 0.232 e. The first-order chi connectivity index (χ1) is 7.94. The van der Waals surface area contributed by atoms with Crippen LogP contribution in [0.4, 0.5) is 11.4 Å². The summed E-state index contributed by atoms with van der Waals surface area (Å²) in [4.78, 5) is 1.89. The van der Waals surface area contributed by atoms with Crippen molar-refractivity contribution in [3.63, 3.8) is 0 Å². The number of nitrogens with zero attached hydrogens (tertiary/aromatic N) is 1. The van der Waals surface area contributed by atoms with Gasteiger partial charge in [0.1, 0.15) is 0 Å². The zero-order valence-electron chi connectivity index (χ0n) is 10.0. The summed E-state index contributed by atoms with van der Waals surface area (Å²) >= 11 is 0. The fraction of sp³-hybridized carbons (Fsp3) is 0.455. The minimum atomic E-state index is -3.37. The van der Waals surface area contributed by atoms with Crippen LogP contribution in [-0.4, -0.2) is 40.0 Å². The smallest absolute Gasteiger partial charge is 0.232 e. The van der Waals surface area contributed by atoms with Crippen molar-refractivity contribution in [1.82, 2.24) is 0 Å². The quantitative estimate of drug-likeness (QED) is 0.794. The van der Waals surface area contributed by atoms with E-state index in [-0.39, 0.29) is 18.8 Å². The predicted molar refractivity (Wildman–Crippen MR) is 69.9 cm³/mol. The Kier molecular flexibility index (Phi) is 4.77. The van der Waals surface area contributed by atoms with E-state index < -0.39 is 10.0 Å². The second kappa shape index (κ2) is 5.88. The normalized spacial score (nSPS) is 11.2. The Hall–Kier alpha value is -1.27. The SMILES string of the molecule is CN(C)c1cccc(NS(=O)(=O)CCCO)c1. The molecule has 0 aliphatic rings. The lowest BCUT2D eigenvalue weighted by Crippen LogP contribution is -2.18. The van der Waals surface area contributed by atoms with Gasteiger partial charge >= 0.3 is 0 Å². The van der Waals surface area contributed by atoms with E-state index >= 15 is 0 Å². The molecular weight excluding hydrogens is 240 g/mol. The highest BCUT2D eigenvalue weighted by Gasteiger charge is 2.10. The lowest BCUT2D eigenvalue weighted by Gasteiger charge is -2.14. The lowest BCUT2D eigenvalue weighted by atomic mass is 10.3. The summed E-state index contributed by atoms with van der Waals surface area (Å²) < 4.78 is 25.7. The molecular formula is C11H18N2O3S. The maximum absolute atomic E-state index is 11.6. The number of benzene rings is 1. The van der Waals surface area contributed by atoms with Gasteiger partial charge in [-0.3, -0.25) is 4.72 Å². The molecule has 0 bridgehead atoms. The number of sulfonamides is 1. The van der Waals surface area contributed by atoms with Gasteiger partial charge in [0.2, 0.25) is 10.0 Å². The zero-order valence-corrected chi connectivity index (χ0v) is 10.9. The van der Waals surface area contributed by atoms with Crippen LogP contribution in [0.5, 0.6) is 0 Å². The number of aliphatic hydroxyl groups excluding tert-OH is 1. The van der Waals surface area contributed by atoms with Gasteiger partial charge in [0, 0.05) is 26.4 Å². The molecule has 0 aliphatic carbocycles. The number of aliphatic hydroxyl groups is 1. The van der Waals surface area contributed by atoms with Crippen LogP contribution >= 0.6 is 0 Å². The highest BCUT2D eigenvalue weighted by Crippen LogP contribution is 2.18. The number of anilines is 2. The van der Waals surface area contributed by atoms with E-state index in [4.69, 9.17) is 5.11 Å². The second-order valence-electron chi connectivity index (χ2n) is 3.94. The molecule has 0 aromatic heterocycles.